The maximum atomic E-state index is 14.5. The zero-order valence-corrected chi connectivity index (χ0v) is 15.8. The van der Waals surface area contributed by atoms with Crippen molar-refractivity contribution in [2.45, 2.75) is 26.7 Å². The van der Waals surface area contributed by atoms with Crippen molar-refractivity contribution in [3.05, 3.63) is 69.9 Å². The highest BCUT2D eigenvalue weighted by atomic mass is 35.5. The van der Waals surface area contributed by atoms with Crippen LogP contribution in [0.3, 0.4) is 0 Å². The lowest BCUT2D eigenvalue weighted by Crippen LogP contribution is -2.36. The van der Waals surface area contributed by atoms with Gasteiger partial charge in [0.05, 0.1) is 16.9 Å². The first-order valence-corrected chi connectivity index (χ1v) is 9.11. The zero-order valence-electron chi connectivity index (χ0n) is 15.0. The predicted octanol–water partition coefficient (Wildman–Crippen LogP) is 4.27. The number of amides is 1. The van der Waals surface area contributed by atoms with Crippen LogP contribution in [0, 0.1) is 19.7 Å². The van der Waals surface area contributed by atoms with Gasteiger partial charge in [-0.2, -0.15) is 5.10 Å². The van der Waals surface area contributed by atoms with Crippen LogP contribution in [0.5, 0.6) is 0 Å². The molecule has 0 saturated carbocycles. The summed E-state index contributed by atoms with van der Waals surface area (Å²) in [6, 6.07) is 8.37. The number of hydrogen-bond donors (Lipinski definition) is 0. The van der Waals surface area contributed by atoms with Crippen LogP contribution in [-0.2, 0) is 6.42 Å². The summed E-state index contributed by atoms with van der Waals surface area (Å²) in [4.78, 5) is 18.8. The summed E-state index contributed by atoms with van der Waals surface area (Å²) in [6.07, 6.45) is 2.97. The van der Waals surface area contributed by atoms with Crippen LogP contribution in [0.15, 0.2) is 36.5 Å². The Morgan fingerprint density at radius 1 is 1.22 bits per heavy atom. The van der Waals surface area contributed by atoms with Gasteiger partial charge in [-0.05, 0) is 62.6 Å². The molecule has 1 aliphatic heterocycles. The Morgan fingerprint density at radius 2 is 2.04 bits per heavy atom. The number of rotatable bonds is 2. The van der Waals surface area contributed by atoms with Gasteiger partial charge in [0.25, 0.3) is 5.91 Å². The predicted molar refractivity (Wildman–Crippen MR) is 102 cm³/mol. The third-order valence-corrected chi connectivity index (χ3v) is 4.89. The molecule has 3 heterocycles. The van der Waals surface area contributed by atoms with Crippen molar-refractivity contribution in [1.82, 2.24) is 14.8 Å². The summed E-state index contributed by atoms with van der Waals surface area (Å²) in [5.74, 6) is -0.114. The lowest BCUT2D eigenvalue weighted by atomic mass is 10.0. The monoisotopic (exact) mass is 384 g/mol. The number of halogens is 2. The third kappa shape index (κ3) is 3.21. The second-order valence-corrected chi connectivity index (χ2v) is 7.14. The number of anilines is 1. The number of nitrogens with zero attached hydrogens (tertiary/aromatic N) is 4. The Morgan fingerprint density at radius 3 is 2.70 bits per heavy atom. The van der Waals surface area contributed by atoms with E-state index in [1.807, 2.05) is 19.9 Å². The van der Waals surface area contributed by atoms with Crippen LogP contribution in [-0.4, -0.2) is 27.2 Å². The number of aromatic nitrogens is 3. The minimum absolute atomic E-state index is 0.274. The molecular weight excluding hydrogens is 367 g/mol. The summed E-state index contributed by atoms with van der Waals surface area (Å²) < 4.78 is 16.2. The highest BCUT2D eigenvalue weighted by Crippen LogP contribution is 2.33. The van der Waals surface area contributed by atoms with Gasteiger partial charge in [-0.3, -0.25) is 4.79 Å². The van der Waals surface area contributed by atoms with Crippen LogP contribution in [0.25, 0.3) is 5.82 Å². The Balaban J connectivity index is 1.66. The summed E-state index contributed by atoms with van der Waals surface area (Å²) in [5.41, 5.74) is 3.34. The highest BCUT2D eigenvalue weighted by molar-refractivity contribution is 6.30. The van der Waals surface area contributed by atoms with Gasteiger partial charge in [0, 0.05) is 23.5 Å². The summed E-state index contributed by atoms with van der Waals surface area (Å²) in [6.45, 7) is 4.32. The van der Waals surface area contributed by atoms with Gasteiger partial charge in [0.1, 0.15) is 5.82 Å². The third-order valence-electron chi connectivity index (χ3n) is 4.67. The Bertz CT molecular complexity index is 1030. The summed E-state index contributed by atoms with van der Waals surface area (Å²) >= 11 is 5.95. The number of carbonyl (C=O) groups is 1. The van der Waals surface area contributed by atoms with Crippen LogP contribution in [0.4, 0.5) is 10.1 Å². The molecule has 7 heteroatoms. The standard InChI is InChI=1S/C20H18ClFN4O/c1-12-8-13(2)26(24-12)18-6-5-15(11-23-18)20(27)25-7-3-4-14-9-16(21)10-17(22)19(14)25/h5-6,8-11H,3-4,7H2,1-2H3. The average Bonchev–Trinajstić information content (AvgIpc) is 2.98. The largest absolute Gasteiger partial charge is 0.305 e. The minimum atomic E-state index is -0.474. The number of fused-ring (bicyclic) bond motifs is 1. The maximum absolute atomic E-state index is 14.5. The molecule has 0 spiro atoms. The second-order valence-electron chi connectivity index (χ2n) is 6.70. The van der Waals surface area contributed by atoms with E-state index < -0.39 is 5.82 Å². The molecule has 0 atom stereocenters. The molecule has 1 amide bonds. The topological polar surface area (TPSA) is 51.0 Å². The number of hydrogen-bond acceptors (Lipinski definition) is 3. The van der Waals surface area contributed by atoms with Crippen LogP contribution < -0.4 is 4.90 Å². The molecule has 0 N–H and O–H groups in total. The molecule has 1 aromatic carbocycles. The Kier molecular flexibility index (Phi) is 4.44. The van der Waals surface area contributed by atoms with Crippen molar-refractivity contribution in [1.29, 1.82) is 0 Å². The van der Waals surface area contributed by atoms with E-state index in [1.165, 1.54) is 17.2 Å². The van der Waals surface area contributed by atoms with Crippen LogP contribution >= 0.6 is 11.6 Å². The summed E-state index contributed by atoms with van der Waals surface area (Å²) in [5, 5.41) is 4.74. The molecule has 0 fully saturated rings. The van der Waals surface area contributed by atoms with Crippen molar-refractivity contribution in [3.63, 3.8) is 0 Å². The van der Waals surface area contributed by atoms with Crippen LogP contribution in [0.1, 0.15) is 33.7 Å². The molecule has 0 radical (unpaired) electrons. The molecule has 2 aromatic heterocycles. The number of benzene rings is 1. The first-order valence-electron chi connectivity index (χ1n) is 8.73. The van der Waals surface area contributed by atoms with E-state index in [2.05, 4.69) is 10.1 Å². The molecular formula is C20H18ClFN4O. The molecule has 1 aliphatic rings. The number of pyridine rings is 1. The first kappa shape index (κ1) is 17.7. The van der Waals surface area contributed by atoms with Crippen LogP contribution in [0.2, 0.25) is 5.02 Å². The molecule has 5 nitrogen and oxygen atoms in total. The van der Waals surface area contributed by atoms with E-state index >= 15 is 0 Å². The minimum Gasteiger partial charge on any atom is -0.305 e. The lowest BCUT2D eigenvalue weighted by molar-refractivity contribution is 0.0984. The lowest BCUT2D eigenvalue weighted by Gasteiger charge is -2.30. The van der Waals surface area contributed by atoms with Gasteiger partial charge in [-0.15, -0.1) is 0 Å². The first-order chi connectivity index (χ1) is 12.9. The molecule has 4 rings (SSSR count). The normalized spacial score (nSPS) is 13.6. The zero-order chi connectivity index (χ0) is 19.1. The van der Waals surface area contributed by atoms with Crippen molar-refractivity contribution in [2.75, 3.05) is 11.4 Å². The van der Waals surface area contributed by atoms with Crippen molar-refractivity contribution in [3.8, 4) is 5.82 Å². The fraction of sp³-hybridized carbons (Fsp3) is 0.250. The van der Waals surface area contributed by atoms with Gasteiger partial charge in [-0.25, -0.2) is 14.1 Å². The Hall–Kier alpha value is -2.73. The molecule has 0 unspecified atom stereocenters. The highest BCUT2D eigenvalue weighted by Gasteiger charge is 2.27. The van der Waals surface area contributed by atoms with E-state index in [9.17, 15) is 9.18 Å². The molecule has 0 saturated heterocycles. The van der Waals surface area contributed by atoms with E-state index in [1.54, 1.807) is 22.9 Å². The van der Waals surface area contributed by atoms with Gasteiger partial charge >= 0.3 is 0 Å². The maximum Gasteiger partial charge on any atom is 0.259 e. The van der Waals surface area contributed by atoms with Gasteiger partial charge < -0.3 is 4.90 Å². The van der Waals surface area contributed by atoms with Gasteiger partial charge in [0.15, 0.2) is 5.82 Å². The quantitative estimate of drug-likeness (QED) is 0.663. The number of carbonyl (C=O) groups excluding carboxylic acids is 1. The van der Waals surface area contributed by atoms with Crippen molar-refractivity contribution >= 4 is 23.2 Å². The smallest absolute Gasteiger partial charge is 0.259 e. The van der Waals surface area contributed by atoms with E-state index in [0.717, 1.165) is 23.4 Å². The SMILES string of the molecule is Cc1cc(C)n(-c2ccc(C(=O)N3CCCc4cc(Cl)cc(F)c43)cn2)n1. The van der Waals surface area contributed by atoms with Crippen molar-refractivity contribution < 1.29 is 9.18 Å². The molecule has 27 heavy (non-hydrogen) atoms. The molecule has 0 bridgehead atoms. The summed E-state index contributed by atoms with van der Waals surface area (Å²) in [7, 11) is 0. The van der Waals surface area contributed by atoms with E-state index in [0.29, 0.717) is 35.1 Å². The van der Waals surface area contributed by atoms with E-state index in [4.69, 9.17) is 11.6 Å². The Labute approximate surface area is 161 Å². The molecule has 138 valence electrons. The molecule has 0 aliphatic carbocycles. The fourth-order valence-electron chi connectivity index (χ4n) is 3.51. The fourth-order valence-corrected chi connectivity index (χ4v) is 3.74. The van der Waals surface area contributed by atoms with Gasteiger partial charge in [-0.1, -0.05) is 11.6 Å². The van der Waals surface area contributed by atoms with Crippen molar-refractivity contribution in [2.24, 2.45) is 0 Å². The van der Waals surface area contributed by atoms with E-state index in [-0.39, 0.29) is 5.91 Å². The second kappa shape index (κ2) is 6.78. The molecule has 3 aromatic rings. The average molecular weight is 385 g/mol. The number of aryl methyl sites for hydroxylation is 3. The van der Waals surface area contributed by atoms with Gasteiger partial charge in [0.2, 0.25) is 0 Å².